The van der Waals surface area contributed by atoms with Crippen LogP contribution in [0.5, 0.6) is 0 Å². The van der Waals surface area contributed by atoms with E-state index in [-0.39, 0.29) is 12.3 Å². The summed E-state index contributed by atoms with van der Waals surface area (Å²) >= 11 is 18.2. The van der Waals surface area contributed by atoms with Crippen LogP contribution in [0.2, 0.25) is 0 Å². The molecule has 4 nitrogen and oxygen atoms in total. The molecule has 150 valence electrons. The highest BCUT2D eigenvalue weighted by Crippen LogP contribution is 2.34. The number of nitrogens with one attached hydrogen (secondary N) is 1. The lowest BCUT2D eigenvalue weighted by atomic mass is 9.84. The van der Waals surface area contributed by atoms with Gasteiger partial charge in [0.2, 0.25) is 9.70 Å². The van der Waals surface area contributed by atoms with Gasteiger partial charge in [-0.1, -0.05) is 71.6 Å². The maximum Gasteiger partial charge on any atom is 0.234 e. The van der Waals surface area contributed by atoms with E-state index in [2.05, 4.69) is 10.2 Å². The molecule has 1 aromatic rings. The molecule has 0 aromatic heterocycles. The number of hydrogen-bond acceptors (Lipinski definition) is 3. The number of ether oxygens (including phenoxy) is 1. The van der Waals surface area contributed by atoms with E-state index in [1.165, 1.54) is 38.8 Å². The number of halogens is 3. The van der Waals surface area contributed by atoms with E-state index in [1.54, 1.807) is 0 Å². The van der Waals surface area contributed by atoms with Crippen LogP contribution in [-0.2, 0) is 16.0 Å². The molecule has 2 heterocycles. The lowest BCUT2D eigenvalue weighted by Gasteiger charge is -2.44. The summed E-state index contributed by atoms with van der Waals surface area (Å²) in [6.45, 7) is 2.83. The number of fused-ring (bicyclic) bond motifs is 1. The van der Waals surface area contributed by atoms with Crippen LogP contribution in [0.3, 0.4) is 0 Å². The van der Waals surface area contributed by atoms with Crippen molar-refractivity contribution in [1.82, 2.24) is 10.2 Å². The molecule has 0 aliphatic carbocycles. The second kappa shape index (κ2) is 9.80. The molecule has 2 fully saturated rings. The highest BCUT2D eigenvalue weighted by molar-refractivity contribution is 6.68. The van der Waals surface area contributed by atoms with E-state index in [4.69, 9.17) is 39.5 Å². The topological polar surface area (TPSA) is 41.6 Å². The van der Waals surface area contributed by atoms with E-state index < -0.39 is 10.0 Å². The number of piperidine rings is 2. The predicted octanol–water partition coefficient (Wildman–Crippen LogP) is 4.32. The molecule has 2 aliphatic heterocycles. The first-order chi connectivity index (χ1) is 12.9. The summed E-state index contributed by atoms with van der Waals surface area (Å²) in [5.74, 6) is 0.195. The fraction of sp³-hybridized carbons (Fsp3) is 0.650. The third kappa shape index (κ3) is 6.23. The molecular weight excluding hydrogens is 407 g/mol. The van der Waals surface area contributed by atoms with Gasteiger partial charge in [-0.05, 0) is 50.3 Å². The minimum Gasteiger partial charge on any atom is -0.354 e. The molecule has 0 bridgehead atoms. The monoisotopic (exact) mass is 432 g/mol. The molecular formula is C20H27Cl3N2O2. The van der Waals surface area contributed by atoms with Gasteiger partial charge in [0.15, 0.2) is 6.23 Å². The van der Waals surface area contributed by atoms with Gasteiger partial charge >= 0.3 is 0 Å². The first-order valence-corrected chi connectivity index (χ1v) is 10.8. The number of benzene rings is 1. The van der Waals surface area contributed by atoms with Crippen LogP contribution in [0, 0.1) is 5.92 Å². The Bertz CT molecular complexity index is 607. The van der Waals surface area contributed by atoms with Crippen molar-refractivity contribution in [2.45, 2.75) is 54.6 Å². The van der Waals surface area contributed by atoms with Crippen LogP contribution in [0.4, 0.5) is 0 Å². The number of alkyl halides is 3. The standard InChI is InChI=1S/C20H27Cl3N2O2/c21-20(22,23)19(24-18(26)13-15-7-2-1-3-8-15)27-14-16-9-6-12-25-11-5-4-10-17(16)25/h1-3,7-8,16-17,19H,4-6,9-14H2,(H,24,26)/t16-,17-,19-/m1/s1. The van der Waals surface area contributed by atoms with Crippen molar-refractivity contribution < 1.29 is 9.53 Å². The van der Waals surface area contributed by atoms with E-state index in [0.717, 1.165) is 12.0 Å². The largest absolute Gasteiger partial charge is 0.354 e. The van der Waals surface area contributed by atoms with E-state index in [0.29, 0.717) is 18.6 Å². The number of nitrogens with zero attached hydrogens (tertiary/aromatic N) is 1. The van der Waals surface area contributed by atoms with Gasteiger partial charge in [0.1, 0.15) is 0 Å². The first-order valence-electron chi connectivity index (χ1n) is 9.69. The van der Waals surface area contributed by atoms with Crippen molar-refractivity contribution in [3.05, 3.63) is 35.9 Å². The van der Waals surface area contributed by atoms with Crippen LogP contribution in [0.1, 0.15) is 37.7 Å². The Kier molecular flexibility index (Phi) is 7.69. The third-order valence-electron chi connectivity index (χ3n) is 5.50. The summed E-state index contributed by atoms with van der Waals surface area (Å²) in [6, 6.07) is 10.0. The zero-order valence-electron chi connectivity index (χ0n) is 15.4. The van der Waals surface area contributed by atoms with Crippen LogP contribution in [0.25, 0.3) is 0 Å². The number of hydrogen-bond donors (Lipinski definition) is 1. The highest BCUT2D eigenvalue weighted by Gasteiger charge is 2.38. The van der Waals surface area contributed by atoms with Gasteiger partial charge in [0, 0.05) is 6.04 Å². The fourth-order valence-corrected chi connectivity index (χ4v) is 4.54. The molecule has 27 heavy (non-hydrogen) atoms. The van der Waals surface area contributed by atoms with E-state index in [9.17, 15) is 4.79 Å². The second-order valence-electron chi connectivity index (χ2n) is 7.49. The summed E-state index contributed by atoms with van der Waals surface area (Å²) in [4.78, 5) is 14.9. The van der Waals surface area contributed by atoms with Crippen molar-refractivity contribution in [3.8, 4) is 0 Å². The quantitative estimate of drug-likeness (QED) is 0.536. The molecule has 0 spiro atoms. The van der Waals surface area contributed by atoms with Crippen molar-refractivity contribution in [2.24, 2.45) is 5.92 Å². The smallest absolute Gasteiger partial charge is 0.234 e. The van der Waals surface area contributed by atoms with E-state index in [1.807, 2.05) is 30.3 Å². The van der Waals surface area contributed by atoms with Gasteiger partial charge < -0.3 is 15.0 Å². The Labute approximate surface area is 176 Å². The summed E-state index contributed by atoms with van der Waals surface area (Å²) < 4.78 is 4.23. The molecule has 2 aliphatic rings. The van der Waals surface area contributed by atoms with Crippen LogP contribution < -0.4 is 5.32 Å². The lowest BCUT2D eigenvalue weighted by Crippen LogP contribution is -2.51. The Balaban J connectivity index is 1.56. The number of rotatable bonds is 6. The first kappa shape index (κ1) is 21.2. The Morgan fingerprint density at radius 1 is 1.15 bits per heavy atom. The van der Waals surface area contributed by atoms with Gasteiger partial charge in [-0.2, -0.15) is 0 Å². The van der Waals surface area contributed by atoms with Gasteiger partial charge in [0.05, 0.1) is 13.0 Å². The summed E-state index contributed by atoms with van der Waals surface area (Å²) in [5, 5.41) is 2.75. The number of amides is 1. The molecule has 0 saturated carbocycles. The Hall–Kier alpha value is -0.520. The van der Waals surface area contributed by atoms with Crippen molar-refractivity contribution in [3.63, 3.8) is 0 Å². The molecule has 3 atom stereocenters. The van der Waals surface area contributed by atoms with Crippen LogP contribution >= 0.6 is 34.8 Å². The van der Waals surface area contributed by atoms with E-state index >= 15 is 0 Å². The summed E-state index contributed by atoms with van der Waals surface area (Å²) in [5.41, 5.74) is 0.906. The number of carbonyl (C=O) groups excluding carboxylic acids is 1. The maximum absolute atomic E-state index is 12.4. The lowest BCUT2D eigenvalue weighted by molar-refractivity contribution is -0.125. The molecule has 0 unspecified atom stereocenters. The number of carbonyl (C=O) groups is 1. The average Bonchev–Trinajstić information content (AvgIpc) is 2.65. The molecule has 2 saturated heterocycles. The van der Waals surface area contributed by atoms with Crippen molar-refractivity contribution in [1.29, 1.82) is 0 Å². The maximum atomic E-state index is 12.4. The average molecular weight is 434 g/mol. The second-order valence-corrected chi connectivity index (χ2v) is 9.86. The minimum atomic E-state index is -1.72. The normalized spacial score (nSPS) is 24.9. The fourth-order valence-electron chi connectivity index (χ4n) is 4.19. The van der Waals surface area contributed by atoms with Crippen LogP contribution in [0.15, 0.2) is 30.3 Å². The molecule has 1 amide bonds. The van der Waals surface area contributed by atoms with Gasteiger partial charge in [0.25, 0.3) is 0 Å². The molecule has 7 heteroatoms. The molecule has 0 radical (unpaired) electrons. The molecule has 1 aromatic carbocycles. The predicted molar refractivity (Wildman–Crippen MR) is 110 cm³/mol. The SMILES string of the molecule is O=C(Cc1ccccc1)N[C@H](OC[C@H]1CCCN2CCCC[C@H]12)C(Cl)(Cl)Cl. The summed E-state index contributed by atoms with van der Waals surface area (Å²) in [7, 11) is 0. The third-order valence-corrected chi connectivity index (χ3v) is 6.10. The van der Waals surface area contributed by atoms with Gasteiger partial charge in [-0.15, -0.1) is 0 Å². The van der Waals surface area contributed by atoms with Crippen LogP contribution in [-0.4, -0.2) is 46.6 Å². The van der Waals surface area contributed by atoms with Gasteiger partial charge in [-0.3, -0.25) is 4.79 Å². The minimum absolute atomic E-state index is 0.222. The Morgan fingerprint density at radius 3 is 2.63 bits per heavy atom. The Morgan fingerprint density at radius 2 is 1.89 bits per heavy atom. The zero-order valence-corrected chi connectivity index (χ0v) is 17.6. The highest BCUT2D eigenvalue weighted by atomic mass is 35.6. The van der Waals surface area contributed by atoms with Crippen molar-refractivity contribution in [2.75, 3.05) is 19.7 Å². The molecule has 1 N–H and O–H groups in total. The zero-order chi connectivity index (χ0) is 19.3. The molecule has 3 rings (SSSR count). The van der Waals surface area contributed by atoms with Gasteiger partial charge in [-0.25, -0.2) is 0 Å². The summed E-state index contributed by atoms with van der Waals surface area (Å²) in [6.07, 6.45) is 5.29. The van der Waals surface area contributed by atoms with Crippen molar-refractivity contribution >= 4 is 40.7 Å².